The van der Waals surface area contributed by atoms with E-state index in [4.69, 9.17) is 15.4 Å². The van der Waals surface area contributed by atoms with Crippen molar-refractivity contribution in [2.24, 2.45) is 0 Å². The van der Waals surface area contributed by atoms with Gasteiger partial charge in [0.1, 0.15) is 0 Å². The number of carboxylic acids is 2. The summed E-state index contributed by atoms with van der Waals surface area (Å²) < 4.78 is 0. The third-order valence-electron chi connectivity index (χ3n) is 1.61. The second-order valence-electron chi connectivity index (χ2n) is 2.48. The third-order valence-corrected chi connectivity index (χ3v) is 1.61. The Hall–Kier alpha value is -2.08. The molecule has 0 amide bonds. The van der Waals surface area contributed by atoms with Crippen molar-refractivity contribution in [3.05, 3.63) is 29.3 Å². The second-order valence-corrected chi connectivity index (χ2v) is 2.48. The molecule has 0 aliphatic carbocycles. The van der Waals surface area contributed by atoms with Crippen LogP contribution in [-0.4, -0.2) is 27.4 Å². The molecular weight excluding hydrogens is 190 g/mol. The highest BCUT2D eigenvalue weighted by atomic mass is 16.5. The zero-order valence-corrected chi connectivity index (χ0v) is 6.89. The van der Waals surface area contributed by atoms with Crippen molar-refractivity contribution < 1.29 is 25.0 Å². The van der Waals surface area contributed by atoms with Gasteiger partial charge < -0.3 is 10.2 Å². The van der Waals surface area contributed by atoms with Crippen LogP contribution in [0.3, 0.4) is 0 Å². The molecule has 0 bridgehead atoms. The lowest BCUT2D eigenvalue weighted by Crippen LogP contribution is -2.08. The molecule has 0 atom stereocenters. The first kappa shape index (κ1) is 10.0. The minimum atomic E-state index is -1.36. The first-order valence-electron chi connectivity index (χ1n) is 3.57. The predicted molar refractivity (Wildman–Crippen MR) is 45.8 cm³/mol. The fourth-order valence-electron chi connectivity index (χ4n) is 0.977. The Labute approximate surface area is 78.4 Å². The molecule has 0 saturated heterocycles. The summed E-state index contributed by atoms with van der Waals surface area (Å²) >= 11 is 0. The standard InChI is InChI=1S/C8H7NO5/c10-7(11)5-2-1-4(9-14)3-6(5)8(12)13/h1-3,9,14H,(H,10,11)(H,12,13). The molecule has 0 saturated carbocycles. The number of rotatable bonds is 3. The van der Waals surface area contributed by atoms with Gasteiger partial charge in [-0.3, -0.25) is 10.7 Å². The summed E-state index contributed by atoms with van der Waals surface area (Å²) in [5, 5.41) is 25.8. The van der Waals surface area contributed by atoms with Gasteiger partial charge in [-0.1, -0.05) is 0 Å². The van der Waals surface area contributed by atoms with Gasteiger partial charge in [0.05, 0.1) is 16.8 Å². The van der Waals surface area contributed by atoms with Gasteiger partial charge in [-0.25, -0.2) is 9.59 Å². The van der Waals surface area contributed by atoms with Gasteiger partial charge in [0.25, 0.3) is 0 Å². The van der Waals surface area contributed by atoms with Crippen molar-refractivity contribution >= 4 is 17.6 Å². The molecule has 0 aliphatic rings. The highest BCUT2D eigenvalue weighted by Crippen LogP contribution is 2.15. The van der Waals surface area contributed by atoms with Crippen LogP contribution in [0.4, 0.5) is 5.69 Å². The van der Waals surface area contributed by atoms with Crippen LogP contribution in [0.25, 0.3) is 0 Å². The summed E-state index contributed by atoms with van der Waals surface area (Å²) in [6, 6.07) is 3.39. The zero-order chi connectivity index (χ0) is 10.7. The van der Waals surface area contributed by atoms with Crippen molar-refractivity contribution in [2.75, 3.05) is 5.48 Å². The molecule has 0 aliphatic heterocycles. The maximum absolute atomic E-state index is 10.6. The molecule has 6 nitrogen and oxygen atoms in total. The van der Waals surface area contributed by atoms with E-state index in [0.717, 1.165) is 12.1 Å². The normalized spacial score (nSPS) is 9.50. The molecule has 0 heterocycles. The minimum Gasteiger partial charge on any atom is -0.478 e. The average Bonchev–Trinajstić information content (AvgIpc) is 2.16. The number of benzene rings is 1. The lowest BCUT2D eigenvalue weighted by molar-refractivity contribution is 0.0651. The summed E-state index contributed by atoms with van der Waals surface area (Å²) in [5.41, 5.74) is 1.15. The van der Waals surface area contributed by atoms with Gasteiger partial charge in [0.2, 0.25) is 0 Å². The van der Waals surface area contributed by atoms with Crippen LogP contribution in [-0.2, 0) is 0 Å². The van der Waals surface area contributed by atoms with E-state index in [1.807, 2.05) is 0 Å². The quantitative estimate of drug-likeness (QED) is 0.536. The summed E-state index contributed by atoms with van der Waals surface area (Å²) in [6.45, 7) is 0. The van der Waals surface area contributed by atoms with E-state index in [0.29, 0.717) is 0 Å². The Bertz CT molecular complexity index is 387. The molecule has 74 valence electrons. The molecule has 0 radical (unpaired) electrons. The number of aromatic carboxylic acids is 2. The zero-order valence-electron chi connectivity index (χ0n) is 6.89. The summed E-state index contributed by atoms with van der Waals surface area (Å²) in [5.74, 6) is -2.69. The molecule has 1 rings (SSSR count). The van der Waals surface area contributed by atoms with Crippen LogP contribution in [0.5, 0.6) is 0 Å². The number of carboxylic acid groups (broad SMARTS) is 2. The van der Waals surface area contributed by atoms with E-state index in [1.165, 1.54) is 6.07 Å². The maximum Gasteiger partial charge on any atom is 0.336 e. The van der Waals surface area contributed by atoms with E-state index in [-0.39, 0.29) is 16.8 Å². The molecule has 0 fully saturated rings. The van der Waals surface area contributed by atoms with Gasteiger partial charge in [-0.05, 0) is 18.2 Å². The molecule has 0 aromatic heterocycles. The van der Waals surface area contributed by atoms with Crippen LogP contribution < -0.4 is 5.48 Å². The Morgan fingerprint density at radius 1 is 1.07 bits per heavy atom. The molecule has 1 aromatic carbocycles. The Kier molecular flexibility index (Phi) is 2.68. The minimum absolute atomic E-state index is 0.118. The molecule has 1 aromatic rings. The Balaban J connectivity index is 3.31. The lowest BCUT2D eigenvalue weighted by atomic mass is 10.1. The first-order chi connectivity index (χ1) is 6.56. The van der Waals surface area contributed by atoms with E-state index in [1.54, 1.807) is 5.48 Å². The SMILES string of the molecule is O=C(O)c1ccc(NO)cc1C(=O)O. The largest absolute Gasteiger partial charge is 0.478 e. The monoisotopic (exact) mass is 197 g/mol. The summed E-state index contributed by atoms with van der Waals surface area (Å²) in [6.07, 6.45) is 0. The summed E-state index contributed by atoms with van der Waals surface area (Å²) in [7, 11) is 0. The number of hydrogen-bond donors (Lipinski definition) is 4. The van der Waals surface area contributed by atoms with Crippen molar-refractivity contribution in [2.45, 2.75) is 0 Å². The fraction of sp³-hybridized carbons (Fsp3) is 0. The van der Waals surface area contributed by atoms with Crippen molar-refractivity contribution in [3.63, 3.8) is 0 Å². The molecule has 6 heteroatoms. The van der Waals surface area contributed by atoms with Gasteiger partial charge >= 0.3 is 11.9 Å². The van der Waals surface area contributed by atoms with Crippen LogP contribution in [0, 0.1) is 0 Å². The van der Waals surface area contributed by atoms with E-state index >= 15 is 0 Å². The highest BCUT2D eigenvalue weighted by molar-refractivity contribution is 6.02. The molecule has 14 heavy (non-hydrogen) atoms. The van der Waals surface area contributed by atoms with E-state index in [9.17, 15) is 9.59 Å². The van der Waals surface area contributed by atoms with Crippen LogP contribution in [0.2, 0.25) is 0 Å². The third kappa shape index (κ3) is 1.80. The van der Waals surface area contributed by atoms with Crippen LogP contribution in [0.1, 0.15) is 20.7 Å². The first-order valence-corrected chi connectivity index (χ1v) is 3.57. The molecule has 4 N–H and O–H groups in total. The Morgan fingerprint density at radius 3 is 2.07 bits per heavy atom. The summed E-state index contributed by atoms with van der Waals surface area (Å²) in [4.78, 5) is 21.2. The smallest absolute Gasteiger partial charge is 0.336 e. The number of nitrogens with one attached hydrogen (secondary N) is 1. The van der Waals surface area contributed by atoms with E-state index < -0.39 is 11.9 Å². The maximum atomic E-state index is 10.6. The average molecular weight is 197 g/mol. The second kappa shape index (κ2) is 3.75. The highest BCUT2D eigenvalue weighted by Gasteiger charge is 2.15. The molecule has 0 spiro atoms. The molecule has 0 unspecified atom stereocenters. The van der Waals surface area contributed by atoms with Gasteiger partial charge in [0.15, 0.2) is 0 Å². The predicted octanol–water partition coefficient (Wildman–Crippen LogP) is 0.884. The molecular formula is C8H7NO5. The number of anilines is 1. The Morgan fingerprint density at radius 2 is 1.64 bits per heavy atom. The van der Waals surface area contributed by atoms with E-state index in [2.05, 4.69) is 0 Å². The number of hydrogen-bond acceptors (Lipinski definition) is 4. The fourth-order valence-corrected chi connectivity index (χ4v) is 0.977. The van der Waals surface area contributed by atoms with Crippen LogP contribution >= 0.6 is 0 Å². The van der Waals surface area contributed by atoms with Crippen molar-refractivity contribution in [1.29, 1.82) is 0 Å². The van der Waals surface area contributed by atoms with Gasteiger partial charge in [-0.15, -0.1) is 0 Å². The van der Waals surface area contributed by atoms with Gasteiger partial charge in [0, 0.05) is 0 Å². The van der Waals surface area contributed by atoms with Gasteiger partial charge in [-0.2, -0.15) is 0 Å². The number of carbonyl (C=O) groups is 2. The topological polar surface area (TPSA) is 107 Å². The lowest BCUT2D eigenvalue weighted by Gasteiger charge is -2.03. The van der Waals surface area contributed by atoms with Crippen LogP contribution in [0.15, 0.2) is 18.2 Å². The van der Waals surface area contributed by atoms with Crippen molar-refractivity contribution in [1.82, 2.24) is 0 Å². The van der Waals surface area contributed by atoms with Crippen molar-refractivity contribution in [3.8, 4) is 0 Å².